The van der Waals surface area contributed by atoms with E-state index in [9.17, 15) is 14.4 Å². The first-order valence-corrected chi connectivity index (χ1v) is 9.84. The lowest BCUT2D eigenvalue weighted by molar-refractivity contribution is -0.154. The second kappa shape index (κ2) is 8.90. The van der Waals surface area contributed by atoms with Crippen molar-refractivity contribution in [3.63, 3.8) is 0 Å². The van der Waals surface area contributed by atoms with Crippen LogP contribution in [0.3, 0.4) is 0 Å². The number of ether oxygens (including phenoxy) is 1. The zero-order valence-corrected chi connectivity index (χ0v) is 17.0. The highest BCUT2D eigenvalue weighted by atomic mass is 16.5. The van der Waals surface area contributed by atoms with E-state index in [2.05, 4.69) is 10.6 Å². The summed E-state index contributed by atoms with van der Waals surface area (Å²) in [7, 11) is 0. The average molecular weight is 394 g/mol. The van der Waals surface area contributed by atoms with E-state index < -0.39 is 24.0 Å². The molecule has 0 unspecified atom stereocenters. The van der Waals surface area contributed by atoms with Gasteiger partial charge in [-0.1, -0.05) is 23.8 Å². The van der Waals surface area contributed by atoms with Crippen LogP contribution in [0.25, 0.3) is 0 Å². The van der Waals surface area contributed by atoms with Crippen LogP contribution in [-0.2, 0) is 27.2 Å². The Hall–Kier alpha value is -3.15. The minimum absolute atomic E-state index is 0.367. The molecule has 6 heteroatoms. The Morgan fingerprint density at radius 1 is 1.00 bits per heavy atom. The summed E-state index contributed by atoms with van der Waals surface area (Å²) in [5.74, 6) is -1.44. The number of aryl methyl sites for hydroxylation is 3. The molecule has 0 saturated heterocycles. The van der Waals surface area contributed by atoms with Gasteiger partial charge in [0.15, 0.2) is 6.10 Å². The Morgan fingerprint density at radius 2 is 1.76 bits per heavy atom. The van der Waals surface area contributed by atoms with E-state index in [4.69, 9.17) is 4.74 Å². The Morgan fingerprint density at radius 3 is 2.52 bits per heavy atom. The molecule has 0 aromatic heterocycles. The van der Waals surface area contributed by atoms with Gasteiger partial charge in [0.1, 0.15) is 6.04 Å². The molecule has 6 nitrogen and oxygen atoms in total. The molecule has 2 aromatic carbocycles. The Labute approximate surface area is 170 Å². The molecule has 2 amide bonds. The first-order chi connectivity index (χ1) is 13.8. The topological polar surface area (TPSA) is 84.5 Å². The van der Waals surface area contributed by atoms with Crippen molar-refractivity contribution in [2.45, 2.75) is 52.2 Å². The number of amides is 2. The van der Waals surface area contributed by atoms with Crippen LogP contribution < -0.4 is 10.6 Å². The van der Waals surface area contributed by atoms with Gasteiger partial charge >= 0.3 is 5.97 Å². The van der Waals surface area contributed by atoms with Crippen LogP contribution in [-0.4, -0.2) is 29.9 Å². The van der Waals surface area contributed by atoms with Gasteiger partial charge < -0.3 is 15.4 Å². The second-order valence-corrected chi connectivity index (χ2v) is 7.47. The molecule has 0 bridgehead atoms. The number of carbonyl (C=O) groups is 3. The molecule has 152 valence electrons. The largest absolute Gasteiger partial charge is 0.451 e. The summed E-state index contributed by atoms with van der Waals surface area (Å²) in [5.41, 5.74) is 4.68. The standard InChI is InChI=1S/C23H26N2O4/c1-14-6-4-9-19(12-14)22(27)24-15(2)23(28)29-16(3)21(26)25-20-11-10-17-7-5-8-18(17)13-20/h4,6,9-13,15-16H,5,7-8H2,1-3H3,(H,24,27)(H,25,26)/t15-,16-/m0/s1. The summed E-state index contributed by atoms with van der Waals surface area (Å²) in [6.07, 6.45) is 2.24. The average Bonchev–Trinajstić information content (AvgIpc) is 3.15. The fraction of sp³-hybridized carbons (Fsp3) is 0.348. The van der Waals surface area contributed by atoms with Crippen LogP contribution in [0.1, 0.15) is 47.3 Å². The van der Waals surface area contributed by atoms with Crippen molar-refractivity contribution in [1.82, 2.24) is 5.32 Å². The summed E-state index contributed by atoms with van der Waals surface area (Å²) in [4.78, 5) is 36.9. The molecule has 2 atom stereocenters. The first-order valence-electron chi connectivity index (χ1n) is 9.84. The maximum Gasteiger partial charge on any atom is 0.329 e. The van der Waals surface area contributed by atoms with Crippen molar-refractivity contribution in [3.8, 4) is 0 Å². The number of rotatable bonds is 6. The molecule has 0 heterocycles. The molecule has 29 heavy (non-hydrogen) atoms. The van der Waals surface area contributed by atoms with Crippen LogP contribution in [0.5, 0.6) is 0 Å². The number of carbonyl (C=O) groups excluding carboxylic acids is 3. The highest BCUT2D eigenvalue weighted by molar-refractivity contribution is 5.98. The molecule has 3 rings (SSSR count). The van der Waals surface area contributed by atoms with Gasteiger partial charge in [-0.25, -0.2) is 4.79 Å². The first kappa shape index (κ1) is 20.6. The van der Waals surface area contributed by atoms with Crippen molar-refractivity contribution < 1.29 is 19.1 Å². The van der Waals surface area contributed by atoms with Crippen molar-refractivity contribution in [2.24, 2.45) is 0 Å². The molecule has 2 aromatic rings. The molecule has 1 aliphatic rings. The van der Waals surface area contributed by atoms with E-state index in [0.29, 0.717) is 11.3 Å². The number of hydrogen-bond donors (Lipinski definition) is 2. The Bertz CT molecular complexity index is 938. The molecule has 0 aliphatic heterocycles. The van der Waals surface area contributed by atoms with Crippen LogP contribution in [0.15, 0.2) is 42.5 Å². The molecule has 0 fully saturated rings. The molecule has 2 N–H and O–H groups in total. The monoisotopic (exact) mass is 394 g/mol. The van der Waals surface area contributed by atoms with Crippen molar-refractivity contribution in [1.29, 1.82) is 0 Å². The number of nitrogens with one attached hydrogen (secondary N) is 2. The maximum atomic E-state index is 12.4. The molecule has 0 spiro atoms. The van der Waals surface area contributed by atoms with Gasteiger partial charge in [-0.15, -0.1) is 0 Å². The van der Waals surface area contributed by atoms with Crippen LogP contribution in [0.4, 0.5) is 5.69 Å². The van der Waals surface area contributed by atoms with Crippen LogP contribution >= 0.6 is 0 Å². The van der Waals surface area contributed by atoms with Crippen LogP contribution in [0, 0.1) is 6.92 Å². The highest BCUT2D eigenvalue weighted by Crippen LogP contribution is 2.25. The lowest BCUT2D eigenvalue weighted by Crippen LogP contribution is -2.42. The highest BCUT2D eigenvalue weighted by Gasteiger charge is 2.24. The zero-order valence-electron chi connectivity index (χ0n) is 17.0. The maximum absolute atomic E-state index is 12.4. The van der Waals surface area contributed by atoms with Crippen molar-refractivity contribution in [3.05, 3.63) is 64.7 Å². The van der Waals surface area contributed by atoms with Crippen LogP contribution in [0.2, 0.25) is 0 Å². The van der Waals surface area contributed by atoms with Gasteiger partial charge in [-0.05, 0) is 75.4 Å². The third kappa shape index (κ3) is 5.22. The van der Waals surface area contributed by atoms with E-state index in [1.807, 2.05) is 31.2 Å². The normalized spacial score (nSPS) is 14.4. The van der Waals surface area contributed by atoms with Gasteiger partial charge in [0.2, 0.25) is 0 Å². The quantitative estimate of drug-likeness (QED) is 0.737. The van der Waals surface area contributed by atoms with E-state index in [-0.39, 0.29) is 5.91 Å². The molecular weight excluding hydrogens is 368 g/mol. The van der Waals surface area contributed by atoms with Gasteiger partial charge in [-0.2, -0.15) is 0 Å². The molecule has 1 aliphatic carbocycles. The fourth-order valence-electron chi connectivity index (χ4n) is 3.35. The van der Waals surface area contributed by atoms with Crippen molar-refractivity contribution in [2.75, 3.05) is 5.32 Å². The van der Waals surface area contributed by atoms with Gasteiger partial charge in [-0.3, -0.25) is 9.59 Å². The SMILES string of the molecule is Cc1cccc(C(=O)N[C@@H](C)C(=O)O[C@@H](C)C(=O)Nc2ccc3c(c2)CCC3)c1. The molecule has 0 saturated carbocycles. The lowest BCUT2D eigenvalue weighted by Gasteiger charge is -2.18. The summed E-state index contributed by atoms with van der Waals surface area (Å²) < 4.78 is 5.23. The zero-order chi connectivity index (χ0) is 21.0. The van der Waals surface area contributed by atoms with E-state index in [1.54, 1.807) is 18.2 Å². The Balaban J connectivity index is 1.52. The number of esters is 1. The van der Waals surface area contributed by atoms with Gasteiger partial charge in [0.05, 0.1) is 0 Å². The minimum Gasteiger partial charge on any atom is -0.451 e. The number of fused-ring (bicyclic) bond motifs is 1. The third-order valence-electron chi connectivity index (χ3n) is 5.01. The molecule has 0 radical (unpaired) electrons. The number of hydrogen-bond acceptors (Lipinski definition) is 4. The predicted molar refractivity (Wildman–Crippen MR) is 111 cm³/mol. The van der Waals surface area contributed by atoms with E-state index in [1.165, 1.54) is 25.0 Å². The fourth-order valence-corrected chi connectivity index (χ4v) is 3.35. The smallest absolute Gasteiger partial charge is 0.329 e. The summed E-state index contributed by atoms with van der Waals surface area (Å²) >= 11 is 0. The van der Waals surface area contributed by atoms with Crippen molar-refractivity contribution >= 4 is 23.5 Å². The summed E-state index contributed by atoms with van der Waals surface area (Å²) in [5, 5.41) is 5.39. The van der Waals surface area contributed by atoms with Gasteiger partial charge in [0.25, 0.3) is 11.8 Å². The van der Waals surface area contributed by atoms with Gasteiger partial charge in [0, 0.05) is 11.3 Å². The summed E-state index contributed by atoms with van der Waals surface area (Å²) in [6.45, 7) is 4.92. The third-order valence-corrected chi connectivity index (χ3v) is 5.01. The summed E-state index contributed by atoms with van der Waals surface area (Å²) in [6, 6.07) is 12.1. The minimum atomic E-state index is -0.978. The number of anilines is 1. The van der Waals surface area contributed by atoms with E-state index >= 15 is 0 Å². The van der Waals surface area contributed by atoms with E-state index in [0.717, 1.165) is 24.8 Å². The Kier molecular flexibility index (Phi) is 6.32. The second-order valence-electron chi connectivity index (χ2n) is 7.47. The lowest BCUT2D eigenvalue weighted by atomic mass is 10.1. The molecular formula is C23H26N2O4. The predicted octanol–water partition coefficient (Wildman–Crippen LogP) is 3.17. The number of benzene rings is 2.